The monoisotopic (exact) mass is 302 g/mol. The molecule has 1 fully saturated rings. The van der Waals surface area contributed by atoms with Crippen molar-refractivity contribution in [3.05, 3.63) is 34.1 Å². The Labute approximate surface area is 109 Å². The molecule has 0 heterocycles. The average Bonchev–Trinajstić information content (AvgIpc) is 2.23. The zero-order chi connectivity index (χ0) is 12.5. The van der Waals surface area contributed by atoms with Crippen molar-refractivity contribution in [2.75, 3.05) is 6.61 Å². The minimum absolute atomic E-state index is 0.150. The second-order valence-corrected chi connectivity index (χ2v) is 5.39. The minimum atomic E-state index is -0.740. The van der Waals surface area contributed by atoms with Gasteiger partial charge in [-0.05, 0) is 34.5 Å². The highest BCUT2D eigenvalue weighted by Crippen LogP contribution is 2.38. The van der Waals surface area contributed by atoms with Crippen molar-refractivity contribution in [2.45, 2.75) is 37.9 Å². The second kappa shape index (κ2) is 5.04. The molecule has 1 aromatic carbocycles. The standard InChI is InChI=1S/C13H16BrFO2/c1-2-17-10-7-13(16,8-10)6-9-4-3-5-11(15)12(9)14/h3-5,10,16H,2,6-8H2,1H3. The van der Waals surface area contributed by atoms with Crippen LogP contribution in [-0.2, 0) is 11.2 Å². The summed E-state index contributed by atoms with van der Waals surface area (Å²) in [6, 6.07) is 4.90. The number of benzene rings is 1. The minimum Gasteiger partial charge on any atom is -0.389 e. The number of ether oxygens (including phenoxy) is 1. The lowest BCUT2D eigenvalue weighted by Crippen LogP contribution is -2.50. The van der Waals surface area contributed by atoms with Gasteiger partial charge in [-0.25, -0.2) is 4.39 Å². The van der Waals surface area contributed by atoms with Crippen molar-refractivity contribution in [3.8, 4) is 0 Å². The van der Waals surface area contributed by atoms with Crippen molar-refractivity contribution in [1.82, 2.24) is 0 Å². The van der Waals surface area contributed by atoms with Crippen molar-refractivity contribution < 1.29 is 14.2 Å². The molecule has 2 nitrogen and oxygen atoms in total. The lowest BCUT2D eigenvalue weighted by atomic mass is 9.73. The van der Waals surface area contributed by atoms with E-state index in [4.69, 9.17) is 4.74 Å². The lowest BCUT2D eigenvalue weighted by Gasteiger charge is -2.43. The maximum Gasteiger partial charge on any atom is 0.137 e. The van der Waals surface area contributed by atoms with Crippen LogP contribution in [0.25, 0.3) is 0 Å². The van der Waals surface area contributed by atoms with Gasteiger partial charge in [-0.15, -0.1) is 0 Å². The summed E-state index contributed by atoms with van der Waals surface area (Å²) < 4.78 is 19.2. The smallest absolute Gasteiger partial charge is 0.137 e. The maximum atomic E-state index is 13.3. The van der Waals surface area contributed by atoms with Gasteiger partial charge < -0.3 is 9.84 Å². The molecule has 94 valence electrons. The summed E-state index contributed by atoms with van der Waals surface area (Å²) in [7, 11) is 0. The van der Waals surface area contributed by atoms with Crippen LogP contribution in [0, 0.1) is 5.82 Å². The van der Waals surface area contributed by atoms with Gasteiger partial charge in [0, 0.05) is 25.9 Å². The van der Waals surface area contributed by atoms with Crippen molar-refractivity contribution in [1.29, 1.82) is 0 Å². The molecule has 0 aliphatic heterocycles. The first-order valence-electron chi connectivity index (χ1n) is 5.81. The van der Waals surface area contributed by atoms with E-state index in [1.54, 1.807) is 6.07 Å². The number of rotatable bonds is 4. The third-order valence-electron chi connectivity index (χ3n) is 3.17. The van der Waals surface area contributed by atoms with E-state index in [0.29, 0.717) is 30.3 Å². The highest BCUT2D eigenvalue weighted by atomic mass is 79.9. The number of aliphatic hydroxyl groups is 1. The van der Waals surface area contributed by atoms with Crippen LogP contribution in [0.4, 0.5) is 4.39 Å². The molecule has 1 saturated carbocycles. The average molecular weight is 303 g/mol. The van der Waals surface area contributed by atoms with Gasteiger partial charge in [0.25, 0.3) is 0 Å². The van der Waals surface area contributed by atoms with Gasteiger partial charge in [-0.1, -0.05) is 12.1 Å². The van der Waals surface area contributed by atoms with E-state index in [2.05, 4.69) is 15.9 Å². The van der Waals surface area contributed by atoms with Crippen molar-refractivity contribution in [2.24, 2.45) is 0 Å². The van der Waals surface area contributed by atoms with E-state index in [9.17, 15) is 9.50 Å². The van der Waals surface area contributed by atoms with E-state index in [1.165, 1.54) is 6.07 Å². The van der Waals surface area contributed by atoms with E-state index in [-0.39, 0.29) is 11.9 Å². The molecule has 1 N–H and O–H groups in total. The fourth-order valence-corrected chi connectivity index (χ4v) is 2.73. The Bertz CT molecular complexity index is 402. The SMILES string of the molecule is CCOC1CC(O)(Cc2cccc(F)c2Br)C1. The molecule has 1 aromatic rings. The molecular weight excluding hydrogens is 287 g/mol. The predicted octanol–water partition coefficient (Wildman–Crippen LogP) is 3.06. The van der Waals surface area contributed by atoms with Gasteiger partial charge in [-0.3, -0.25) is 0 Å². The molecule has 0 spiro atoms. The molecular formula is C13H16BrFO2. The van der Waals surface area contributed by atoms with Crippen LogP contribution in [0.1, 0.15) is 25.3 Å². The zero-order valence-electron chi connectivity index (χ0n) is 9.75. The van der Waals surface area contributed by atoms with E-state index in [0.717, 1.165) is 5.56 Å². The van der Waals surface area contributed by atoms with Gasteiger partial charge in [0.15, 0.2) is 0 Å². The highest BCUT2D eigenvalue weighted by molar-refractivity contribution is 9.10. The fraction of sp³-hybridized carbons (Fsp3) is 0.538. The lowest BCUT2D eigenvalue weighted by molar-refractivity contribution is -0.136. The van der Waals surface area contributed by atoms with Crippen LogP contribution in [-0.4, -0.2) is 23.4 Å². The molecule has 0 saturated heterocycles. The van der Waals surface area contributed by atoms with Crippen molar-refractivity contribution >= 4 is 15.9 Å². The van der Waals surface area contributed by atoms with Gasteiger partial charge >= 0.3 is 0 Å². The van der Waals surface area contributed by atoms with Gasteiger partial charge in [0.2, 0.25) is 0 Å². The molecule has 0 radical (unpaired) electrons. The molecule has 17 heavy (non-hydrogen) atoms. The molecule has 4 heteroatoms. The number of hydrogen-bond acceptors (Lipinski definition) is 2. The molecule has 0 bridgehead atoms. The Morgan fingerprint density at radius 3 is 2.88 bits per heavy atom. The molecule has 0 atom stereocenters. The van der Waals surface area contributed by atoms with E-state index < -0.39 is 5.60 Å². The van der Waals surface area contributed by atoms with Crippen LogP contribution in [0.5, 0.6) is 0 Å². The Hall–Kier alpha value is -0.450. The summed E-state index contributed by atoms with van der Waals surface area (Å²) in [6.45, 7) is 2.62. The first kappa shape index (κ1) is 13.0. The van der Waals surface area contributed by atoms with Crippen molar-refractivity contribution in [3.63, 3.8) is 0 Å². The normalized spacial score (nSPS) is 27.9. The van der Waals surface area contributed by atoms with Crippen LogP contribution >= 0.6 is 15.9 Å². The third kappa shape index (κ3) is 2.87. The van der Waals surface area contributed by atoms with Gasteiger partial charge in [-0.2, -0.15) is 0 Å². The summed E-state index contributed by atoms with van der Waals surface area (Å²) in [6.07, 6.45) is 1.88. The number of hydrogen-bond donors (Lipinski definition) is 1. The molecule has 0 unspecified atom stereocenters. The van der Waals surface area contributed by atoms with Crippen LogP contribution in [0.3, 0.4) is 0 Å². The topological polar surface area (TPSA) is 29.5 Å². The summed E-state index contributed by atoms with van der Waals surface area (Å²) in [5.74, 6) is -0.285. The molecule has 1 aliphatic carbocycles. The molecule has 1 aliphatic rings. The van der Waals surface area contributed by atoms with E-state index in [1.807, 2.05) is 13.0 Å². The summed E-state index contributed by atoms with van der Waals surface area (Å²) >= 11 is 3.21. The number of halogens is 2. The Kier molecular flexibility index (Phi) is 3.85. The highest BCUT2D eigenvalue weighted by Gasteiger charge is 2.43. The van der Waals surface area contributed by atoms with Crippen LogP contribution < -0.4 is 0 Å². The molecule has 2 rings (SSSR count). The molecule has 0 aromatic heterocycles. The zero-order valence-corrected chi connectivity index (χ0v) is 11.3. The van der Waals surface area contributed by atoms with E-state index >= 15 is 0 Å². The largest absolute Gasteiger partial charge is 0.389 e. The quantitative estimate of drug-likeness (QED) is 0.926. The van der Waals surface area contributed by atoms with Crippen LogP contribution in [0.15, 0.2) is 22.7 Å². The Balaban J connectivity index is 2.00. The fourth-order valence-electron chi connectivity index (χ4n) is 2.33. The second-order valence-electron chi connectivity index (χ2n) is 4.60. The van der Waals surface area contributed by atoms with Crippen LogP contribution in [0.2, 0.25) is 0 Å². The third-order valence-corrected chi connectivity index (χ3v) is 4.06. The first-order chi connectivity index (χ1) is 8.04. The predicted molar refractivity (Wildman–Crippen MR) is 67.4 cm³/mol. The first-order valence-corrected chi connectivity index (χ1v) is 6.60. The summed E-state index contributed by atoms with van der Waals surface area (Å²) in [5, 5.41) is 10.3. The summed E-state index contributed by atoms with van der Waals surface area (Å²) in [5.41, 5.74) is 0.0679. The van der Waals surface area contributed by atoms with Gasteiger partial charge in [0.1, 0.15) is 5.82 Å². The Morgan fingerprint density at radius 2 is 2.24 bits per heavy atom. The molecule has 0 amide bonds. The van der Waals surface area contributed by atoms with Gasteiger partial charge in [0.05, 0.1) is 16.2 Å². The Morgan fingerprint density at radius 1 is 1.53 bits per heavy atom. The summed E-state index contributed by atoms with van der Waals surface area (Å²) in [4.78, 5) is 0. The maximum absolute atomic E-state index is 13.3.